The molecule has 0 saturated heterocycles. The van der Waals surface area contributed by atoms with Crippen molar-refractivity contribution in [3.63, 3.8) is 0 Å². The van der Waals surface area contributed by atoms with Gasteiger partial charge in [0.2, 0.25) is 0 Å². The van der Waals surface area contributed by atoms with E-state index in [1.165, 1.54) is 7.11 Å². The first kappa shape index (κ1) is 18.6. The molecule has 5 nitrogen and oxygen atoms in total. The van der Waals surface area contributed by atoms with Gasteiger partial charge in [0.1, 0.15) is 17.3 Å². The molecule has 1 atom stereocenters. The van der Waals surface area contributed by atoms with Gasteiger partial charge in [-0.2, -0.15) is 0 Å². The lowest BCUT2D eigenvalue weighted by molar-refractivity contribution is 0.0599. The van der Waals surface area contributed by atoms with E-state index in [4.69, 9.17) is 4.74 Å². The quantitative estimate of drug-likeness (QED) is 0.812. The predicted octanol–water partition coefficient (Wildman–Crippen LogP) is 3.44. The highest BCUT2D eigenvalue weighted by Gasteiger charge is 2.25. The van der Waals surface area contributed by atoms with E-state index in [-0.39, 0.29) is 11.3 Å². The monoisotopic (exact) mass is 350 g/mol. The Kier molecular flexibility index (Phi) is 5.56. The van der Waals surface area contributed by atoms with Crippen molar-refractivity contribution < 1.29 is 23.1 Å². The van der Waals surface area contributed by atoms with Crippen molar-refractivity contribution in [3.05, 3.63) is 57.9 Å². The van der Waals surface area contributed by atoms with E-state index < -0.39 is 29.6 Å². The smallest absolute Gasteiger partial charge is 0.339 e. The minimum Gasteiger partial charge on any atom is -0.465 e. The molecule has 1 heterocycles. The van der Waals surface area contributed by atoms with Gasteiger partial charge in [-0.05, 0) is 44.0 Å². The van der Waals surface area contributed by atoms with E-state index >= 15 is 0 Å². The number of nitrogens with one attached hydrogen (secondary N) is 2. The first-order valence-electron chi connectivity index (χ1n) is 7.85. The first-order chi connectivity index (χ1) is 11.8. The summed E-state index contributed by atoms with van der Waals surface area (Å²) in [7, 11) is 1.27. The van der Waals surface area contributed by atoms with Crippen LogP contribution in [0.5, 0.6) is 0 Å². The Labute approximate surface area is 144 Å². The molecule has 25 heavy (non-hydrogen) atoms. The molecule has 0 aliphatic heterocycles. The Morgan fingerprint density at radius 1 is 1.32 bits per heavy atom. The maximum atomic E-state index is 13.8. The summed E-state index contributed by atoms with van der Waals surface area (Å²) in [6.45, 7) is 5.02. The largest absolute Gasteiger partial charge is 0.465 e. The number of hydrogen-bond donors (Lipinski definition) is 2. The van der Waals surface area contributed by atoms with Crippen LogP contribution in [-0.4, -0.2) is 24.0 Å². The molecule has 2 aromatic rings. The van der Waals surface area contributed by atoms with Gasteiger partial charge in [-0.3, -0.25) is 4.79 Å². The average Bonchev–Trinajstić information content (AvgIpc) is 2.92. The van der Waals surface area contributed by atoms with E-state index in [2.05, 4.69) is 10.3 Å². The molecule has 0 fully saturated rings. The third-order valence-electron chi connectivity index (χ3n) is 4.07. The average molecular weight is 350 g/mol. The molecule has 0 saturated carbocycles. The van der Waals surface area contributed by atoms with Gasteiger partial charge in [0, 0.05) is 11.3 Å². The van der Waals surface area contributed by atoms with Gasteiger partial charge >= 0.3 is 5.97 Å². The lowest BCUT2D eigenvalue weighted by Crippen LogP contribution is -2.28. The normalized spacial score (nSPS) is 11.9. The van der Waals surface area contributed by atoms with E-state index in [1.54, 1.807) is 13.8 Å². The van der Waals surface area contributed by atoms with Crippen LogP contribution in [0.3, 0.4) is 0 Å². The van der Waals surface area contributed by atoms with Crippen LogP contribution in [0, 0.1) is 18.6 Å². The highest BCUT2D eigenvalue weighted by Crippen LogP contribution is 2.22. The number of methoxy groups -OCH3 is 1. The minimum absolute atomic E-state index is 0.0430. The van der Waals surface area contributed by atoms with Crippen LogP contribution >= 0.6 is 0 Å². The number of benzene rings is 1. The zero-order chi connectivity index (χ0) is 18.7. The van der Waals surface area contributed by atoms with Crippen LogP contribution in [0.4, 0.5) is 8.78 Å². The second kappa shape index (κ2) is 7.46. The van der Waals surface area contributed by atoms with Crippen LogP contribution in [-0.2, 0) is 11.2 Å². The topological polar surface area (TPSA) is 71.2 Å². The van der Waals surface area contributed by atoms with Crippen LogP contribution in [0.2, 0.25) is 0 Å². The Balaban J connectivity index is 2.31. The van der Waals surface area contributed by atoms with Crippen molar-refractivity contribution in [1.82, 2.24) is 10.3 Å². The van der Waals surface area contributed by atoms with Gasteiger partial charge in [0.25, 0.3) is 5.91 Å². The number of aromatic nitrogens is 1. The number of amides is 1. The molecule has 1 aromatic carbocycles. The number of aromatic amines is 1. The lowest BCUT2D eigenvalue weighted by atomic mass is 10.1. The molecule has 1 unspecified atom stereocenters. The number of esters is 1. The third kappa shape index (κ3) is 3.70. The molecule has 0 spiro atoms. The number of carbonyl (C=O) groups is 2. The Morgan fingerprint density at radius 2 is 2.00 bits per heavy atom. The van der Waals surface area contributed by atoms with Gasteiger partial charge in [0.15, 0.2) is 0 Å². The third-order valence-corrected chi connectivity index (χ3v) is 4.07. The summed E-state index contributed by atoms with van der Waals surface area (Å²) in [6.07, 6.45) is 0.507. The number of H-pyrrole nitrogens is 1. The van der Waals surface area contributed by atoms with E-state index in [0.717, 1.165) is 18.2 Å². The van der Waals surface area contributed by atoms with Crippen LogP contribution in [0.25, 0.3) is 0 Å². The van der Waals surface area contributed by atoms with Crippen molar-refractivity contribution >= 4 is 11.9 Å². The summed E-state index contributed by atoms with van der Waals surface area (Å²) in [4.78, 5) is 27.4. The van der Waals surface area contributed by atoms with Crippen molar-refractivity contribution in [2.24, 2.45) is 0 Å². The highest BCUT2D eigenvalue weighted by molar-refractivity contribution is 6.00. The van der Waals surface area contributed by atoms with Crippen molar-refractivity contribution in [2.75, 3.05) is 7.11 Å². The van der Waals surface area contributed by atoms with Crippen LogP contribution in [0.1, 0.15) is 57.6 Å². The second-order valence-electron chi connectivity index (χ2n) is 5.68. The van der Waals surface area contributed by atoms with Crippen LogP contribution < -0.4 is 5.32 Å². The minimum atomic E-state index is -0.752. The number of rotatable bonds is 5. The molecule has 134 valence electrons. The number of hydrogen-bond acceptors (Lipinski definition) is 3. The summed E-state index contributed by atoms with van der Waals surface area (Å²) < 4.78 is 31.9. The molecular formula is C18H20F2N2O3. The zero-order valence-electron chi connectivity index (χ0n) is 14.5. The fraction of sp³-hybridized carbons (Fsp3) is 0.333. The van der Waals surface area contributed by atoms with Gasteiger partial charge in [-0.25, -0.2) is 13.6 Å². The van der Waals surface area contributed by atoms with E-state index in [0.29, 0.717) is 23.2 Å². The number of carbonyl (C=O) groups excluding carboxylic acids is 2. The molecule has 2 N–H and O–H groups in total. The van der Waals surface area contributed by atoms with Gasteiger partial charge in [0.05, 0.1) is 18.7 Å². The van der Waals surface area contributed by atoms with Crippen molar-refractivity contribution in [1.29, 1.82) is 0 Å². The summed E-state index contributed by atoms with van der Waals surface area (Å²) in [5, 5.41) is 2.61. The molecule has 1 aromatic heterocycles. The molecule has 7 heteroatoms. The molecule has 0 aliphatic carbocycles. The maximum Gasteiger partial charge on any atom is 0.339 e. The summed E-state index contributed by atoms with van der Waals surface area (Å²) in [5.41, 5.74) is 1.59. The van der Waals surface area contributed by atoms with Crippen molar-refractivity contribution in [3.8, 4) is 0 Å². The van der Waals surface area contributed by atoms with Crippen molar-refractivity contribution in [2.45, 2.75) is 33.2 Å². The molecular weight excluding hydrogens is 330 g/mol. The Hall–Kier alpha value is -2.70. The Bertz CT molecular complexity index is 815. The summed E-state index contributed by atoms with van der Waals surface area (Å²) in [5.74, 6) is -2.25. The lowest BCUT2D eigenvalue weighted by Gasteiger charge is -2.15. The molecule has 0 bridgehead atoms. The SMILES string of the molecule is CCc1[nH]c(C(=O)NC(C)c2cc(F)ccc2F)c(C)c1C(=O)OC. The van der Waals surface area contributed by atoms with E-state index in [1.807, 2.05) is 6.92 Å². The van der Waals surface area contributed by atoms with Gasteiger partial charge < -0.3 is 15.0 Å². The first-order valence-corrected chi connectivity index (χ1v) is 7.85. The fourth-order valence-electron chi connectivity index (χ4n) is 2.72. The number of aryl methyl sites for hydroxylation is 1. The van der Waals surface area contributed by atoms with Crippen LogP contribution in [0.15, 0.2) is 18.2 Å². The van der Waals surface area contributed by atoms with Gasteiger partial charge in [-0.1, -0.05) is 6.92 Å². The fourth-order valence-corrected chi connectivity index (χ4v) is 2.72. The number of ether oxygens (including phenoxy) is 1. The zero-order valence-corrected chi connectivity index (χ0v) is 14.5. The molecule has 2 rings (SSSR count). The molecule has 0 radical (unpaired) electrons. The summed E-state index contributed by atoms with van der Waals surface area (Å²) >= 11 is 0. The highest BCUT2D eigenvalue weighted by atomic mass is 19.1. The maximum absolute atomic E-state index is 13.8. The standard InChI is InChI=1S/C18H20F2N2O3/c1-5-14-15(18(24)25-4)9(2)16(22-14)17(23)21-10(3)12-8-11(19)6-7-13(12)20/h6-8,10,22H,5H2,1-4H3,(H,21,23). The molecule has 1 amide bonds. The van der Waals surface area contributed by atoms with E-state index in [9.17, 15) is 18.4 Å². The molecule has 0 aliphatic rings. The number of halogens is 2. The summed E-state index contributed by atoms with van der Waals surface area (Å²) in [6, 6.07) is 2.31. The second-order valence-corrected chi connectivity index (χ2v) is 5.68. The predicted molar refractivity (Wildman–Crippen MR) is 88.5 cm³/mol. The Morgan fingerprint density at radius 3 is 2.60 bits per heavy atom. The van der Waals surface area contributed by atoms with Gasteiger partial charge in [-0.15, -0.1) is 0 Å².